The molecular formula is C28H36F4O4. The van der Waals surface area contributed by atoms with Crippen molar-refractivity contribution in [2.45, 2.75) is 71.3 Å². The van der Waals surface area contributed by atoms with E-state index in [1.165, 1.54) is 25.7 Å². The lowest BCUT2D eigenvalue weighted by Crippen LogP contribution is -2.20. The minimum atomic E-state index is -1.83. The molecule has 0 aliphatic heterocycles. The highest BCUT2D eigenvalue weighted by molar-refractivity contribution is 5.48. The molecule has 0 spiro atoms. The number of aryl methyl sites for hydroxylation is 1. The first-order valence-electron chi connectivity index (χ1n) is 12.7. The Morgan fingerprint density at radius 1 is 0.861 bits per heavy atom. The SMILES string of the molecule is CCCc1ccc(C(O)c2cc(OCC3CCC(CCC)CC3)c(F)c(F)c2OCOC)c(F)c1F. The van der Waals surface area contributed by atoms with E-state index in [0.717, 1.165) is 38.2 Å². The smallest absolute Gasteiger partial charge is 0.205 e. The van der Waals surface area contributed by atoms with Gasteiger partial charge in [0.05, 0.1) is 6.61 Å². The van der Waals surface area contributed by atoms with E-state index in [1.54, 1.807) is 0 Å². The topological polar surface area (TPSA) is 47.9 Å². The molecule has 3 rings (SSSR count). The van der Waals surface area contributed by atoms with Crippen LogP contribution < -0.4 is 9.47 Å². The molecule has 0 bridgehead atoms. The maximum atomic E-state index is 15.1. The summed E-state index contributed by atoms with van der Waals surface area (Å²) in [5.74, 6) is -5.16. The molecule has 0 radical (unpaired) electrons. The molecule has 1 aliphatic carbocycles. The van der Waals surface area contributed by atoms with Gasteiger partial charge >= 0.3 is 0 Å². The Hall–Kier alpha value is -2.32. The summed E-state index contributed by atoms with van der Waals surface area (Å²) in [7, 11) is 1.29. The molecule has 0 amide bonds. The van der Waals surface area contributed by atoms with Crippen LogP contribution in [0.2, 0.25) is 0 Å². The van der Waals surface area contributed by atoms with E-state index in [4.69, 9.17) is 14.2 Å². The molecule has 1 unspecified atom stereocenters. The Morgan fingerprint density at radius 3 is 2.19 bits per heavy atom. The number of hydrogen-bond donors (Lipinski definition) is 1. The molecule has 2 aromatic rings. The minimum absolute atomic E-state index is 0.171. The van der Waals surface area contributed by atoms with E-state index in [-0.39, 0.29) is 23.7 Å². The van der Waals surface area contributed by atoms with Crippen LogP contribution in [0.25, 0.3) is 0 Å². The van der Waals surface area contributed by atoms with E-state index in [0.29, 0.717) is 18.8 Å². The number of ether oxygens (including phenoxy) is 3. The van der Waals surface area contributed by atoms with Gasteiger partial charge in [-0.25, -0.2) is 8.78 Å². The molecule has 200 valence electrons. The Bertz CT molecular complexity index is 1010. The second kappa shape index (κ2) is 13.3. The van der Waals surface area contributed by atoms with Crippen molar-refractivity contribution in [3.05, 3.63) is 58.2 Å². The first-order valence-corrected chi connectivity index (χ1v) is 12.7. The standard InChI is InChI=1S/C28H36F4O4/c1-4-6-17-8-10-18(11-9-17)15-35-22-14-21(28(36-16-34-3)26(32)25(22)31)27(33)20-13-12-19(7-5-2)23(29)24(20)30/h12-14,17-18,27,33H,4-11,15-16H2,1-3H3. The van der Waals surface area contributed by atoms with Crippen molar-refractivity contribution in [2.24, 2.45) is 11.8 Å². The van der Waals surface area contributed by atoms with Crippen molar-refractivity contribution in [3.63, 3.8) is 0 Å². The van der Waals surface area contributed by atoms with Crippen LogP contribution in [-0.4, -0.2) is 25.6 Å². The Kier molecular flexibility index (Phi) is 10.4. The molecule has 0 saturated heterocycles. The minimum Gasteiger partial charge on any atom is -0.490 e. The Balaban J connectivity index is 1.89. The third kappa shape index (κ3) is 6.51. The Labute approximate surface area is 210 Å². The molecule has 2 aromatic carbocycles. The summed E-state index contributed by atoms with van der Waals surface area (Å²) in [6, 6.07) is 3.71. The molecular weight excluding hydrogens is 476 g/mol. The van der Waals surface area contributed by atoms with Crippen molar-refractivity contribution in [3.8, 4) is 11.5 Å². The lowest BCUT2D eigenvalue weighted by molar-refractivity contribution is 0.0449. The van der Waals surface area contributed by atoms with Gasteiger partial charge in [0.15, 0.2) is 29.9 Å². The van der Waals surface area contributed by atoms with Crippen LogP contribution in [0.4, 0.5) is 17.6 Å². The first kappa shape index (κ1) is 28.3. The summed E-state index contributed by atoms with van der Waals surface area (Å²) in [5.41, 5.74) is -0.528. The van der Waals surface area contributed by atoms with Gasteiger partial charge < -0.3 is 19.3 Å². The molecule has 36 heavy (non-hydrogen) atoms. The van der Waals surface area contributed by atoms with E-state index in [9.17, 15) is 18.3 Å². The Morgan fingerprint density at radius 2 is 1.56 bits per heavy atom. The lowest BCUT2D eigenvalue weighted by Gasteiger charge is -2.28. The predicted molar refractivity (Wildman–Crippen MR) is 129 cm³/mol. The molecule has 1 saturated carbocycles. The van der Waals surface area contributed by atoms with Crippen molar-refractivity contribution in [2.75, 3.05) is 20.5 Å². The third-order valence-corrected chi connectivity index (χ3v) is 6.92. The fourth-order valence-electron chi connectivity index (χ4n) is 4.93. The van der Waals surface area contributed by atoms with Crippen LogP contribution in [-0.2, 0) is 11.2 Å². The molecule has 8 heteroatoms. The van der Waals surface area contributed by atoms with Crippen LogP contribution in [0.1, 0.15) is 81.6 Å². The average Bonchev–Trinajstić information content (AvgIpc) is 2.88. The summed E-state index contributed by atoms with van der Waals surface area (Å²) in [6.45, 7) is 3.75. The fourth-order valence-corrected chi connectivity index (χ4v) is 4.93. The highest BCUT2D eigenvalue weighted by Gasteiger charge is 2.29. The van der Waals surface area contributed by atoms with E-state index in [2.05, 4.69) is 6.92 Å². The van der Waals surface area contributed by atoms with Gasteiger partial charge in [-0.15, -0.1) is 0 Å². The van der Waals surface area contributed by atoms with Gasteiger partial charge in [0.25, 0.3) is 0 Å². The number of aliphatic hydroxyl groups excluding tert-OH is 1. The van der Waals surface area contributed by atoms with Crippen LogP contribution in [0.15, 0.2) is 18.2 Å². The predicted octanol–water partition coefficient (Wildman–Crippen LogP) is 7.25. The van der Waals surface area contributed by atoms with Gasteiger partial charge in [-0.1, -0.05) is 58.1 Å². The summed E-state index contributed by atoms with van der Waals surface area (Å²) in [5, 5.41) is 11.0. The molecule has 1 N–H and O–H groups in total. The number of hydrogen-bond acceptors (Lipinski definition) is 4. The second-order valence-corrected chi connectivity index (χ2v) is 9.55. The average molecular weight is 513 g/mol. The van der Waals surface area contributed by atoms with Gasteiger partial charge in [-0.2, -0.15) is 8.78 Å². The van der Waals surface area contributed by atoms with Crippen molar-refractivity contribution < 1.29 is 36.9 Å². The van der Waals surface area contributed by atoms with Crippen LogP contribution in [0, 0.1) is 35.1 Å². The lowest BCUT2D eigenvalue weighted by atomic mass is 9.80. The zero-order valence-electron chi connectivity index (χ0n) is 21.2. The molecule has 1 fully saturated rings. The second-order valence-electron chi connectivity index (χ2n) is 9.55. The van der Waals surface area contributed by atoms with Gasteiger partial charge in [0.1, 0.15) is 6.10 Å². The van der Waals surface area contributed by atoms with Crippen molar-refractivity contribution in [1.29, 1.82) is 0 Å². The number of methoxy groups -OCH3 is 1. The molecule has 0 heterocycles. The van der Waals surface area contributed by atoms with E-state index < -0.39 is 53.2 Å². The van der Waals surface area contributed by atoms with E-state index in [1.807, 2.05) is 6.92 Å². The van der Waals surface area contributed by atoms with Gasteiger partial charge in [-0.3, -0.25) is 0 Å². The molecule has 0 aromatic heterocycles. The fraction of sp³-hybridized carbons (Fsp3) is 0.571. The highest BCUT2D eigenvalue weighted by atomic mass is 19.2. The normalized spacial score (nSPS) is 18.8. The largest absolute Gasteiger partial charge is 0.490 e. The monoisotopic (exact) mass is 512 g/mol. The summed E-state index contributed by atoms with van der Waals surface area (Å²) < 4.78 is 75.0. The number of benzene rings is 2. The summed E-state index contributed by atoms with van der Waals surface area (Å²) in [4.78, 5) is 0. The zero-order chi connectivity index (χ0) is 26.2. The van der Waals surface area contributed by atoms with Crippen molar-refractivity contribution in [1.82, 2.24) is 0 Å². The van der Waals surface area contributed by atoms with Gasteiger partial charge in [0, 0.05) is 18.2 Å². The summed E-state index contributed by atoms with van der Waals surface area (Å²) in [6.07, 6.45) is 5.46. The number of aliphatic hydroxyl groups is 1. The summed E-state index contributed by atoms with van der Waals surface area (Å²) >= 11 is 0. The highest BCUT2D eigenvalue weighted by Crippen LogP contribution is 2.40. The van der Waals surface area contributed by atoms with Crippen LogP contribution >= 0.6 is 0 Å². The molecule has 1 atom stereocenters. The van der Waals surface area contributed by atoms with Crippen molar-refractivity contribution >= 4 is 0 Å². The van der Waals surface area contributed by atoms with Gasteiger partial charge in [0.2, 0.25) is 11.6 Å². The van der Waals surface area contributed by atoms with Crippen LogP contribution in [0.5, 0.6) is 11.5 Å². The quantitative estimate of drug-likeness (QED) is 0.240. The maximum Gasteiger partial charge on any atom is 0.205 e. The zero-order valence-corrected chi connectivity index (χ0v) is 21.2. The molecule has 4 nitrogen and oxygen atoms in total. The number of halogens is 4. The molecule has 1 aliphatic rings. The maximum absolute atomic E-state index is 15.1. The first-order chi connectivity index (χ1) is 17.3. The van der Waals surface area contributed by atoms with Crippen LogP contribution in [0.3, 0.4) is 0 Å². The van der Waals surface area contributed by atoms with E-state index >= 15 is 4.39 Å². The number of rotatable bonds is 12. The van der Waals surface area contributed by atoms with Gasteiger partial charge in [-0.05, 0) is 42.7 Å². The third-order valence-electron chi connectivity index (χ3n) is 6.92.